The number of fused-ring (bicyclic) bond motifs is 1. The molecule has 0 radical (unpaired) electrons. The van der Waals surface area contributed by atoms with Crippen LogP contribution in [0.15, 0.2) is 36.7 Å². The molecule has 1 atom stereocenters. The van der Waals surface area contributed by atoms with Crippen LogP contribution in [0, 0.1) is 0 Å². The zero-order valence-electron chi connectivity index (χ0n) is 14.3. The molecule has 1 aromatic carbocycles. The lowest BCUT2D eigenvalue weighted by atomic mass is 9.98. The molecule has 0 fully saturated rings. The summed E-state index contributed by atoms with van der Waals surface area (Å²) in [6.45, 7) is 2.53. The molecule has 3 aromatic rings. The Labute approximate surface area is 148 Å². The van der Waals surface area contributed by atoms with E-state index in [4.69, 9.17) is 4.74 Å². The molecule has 0 aliphatic heterocycles. The molecule has 1 unspecified atom stereocenters. The lowest BCUT2D eigenvalue weighted by Gasteiger charge is -2.15. The zero-order chi connectivity index (χ0) is 18.7. The van der Waals surface area contributed by atoms with Crippen molar-refractivity contribution in [2.75, 3.05) is 19.0 Å². The average Bonchev–Trinajstić information content (AvgIpc) is 3.09. The quantitative estimate of drug-likeness (QED) is 0.721. The molecular formula is C17H18F3N5O. The molecule has 0 amide bonds. The van der Waals surface area contributed by atoms with Crippen molar-refractivity contribution in [2.24, 2.45) is 0 Å². The Morgan fingerprint density at radius 2 is 1.96 bits per heavy atom. The average molecular weight is 365 g/mol. The Morgan fingerprint density at radius 1 is 1.23 bits per heavy atom. The van der Waals surface area contributed by atoms with Gasteiger partial charge in [-0.3, -0.25) is 0 Å². The number of ether oxygens (including phenoxy) is 1. The smallest absolute Gasteiger partial charge is 0.433 e. The Bertz CT molecular complexity index is 876. The van der Waals surface area contributed by atoms with Crippen molar-refractivity contribution in [1.82, 2.24) is 19.6 Å². The third-order valence-electron chi connectivity index (χ3n) is 4.11. The van der Waals surface area contributed by atoms with Crippen LogP contribution in [0.5, 0.6) is 5.75 Å². The molecular weight excluding hydrogens is 347 g/mol. The molecule has 0 bridgehead atoms. The van der Waals surface area contributed by atoms with E-state index in [9.17, 15) is 13.2 Å². The number of methoxy groups -OCH3 is 1. The maximum Gasteiger partial charge on any atom is 0.433 e. The molecule has 3 rings (SSSR count). The number of anilines is 1. The van der Waals surface area contributed by atoms with Crippen LogP contribution in [-0.2, 0) is 6.18 Å². The molecule has 1 N–H and O–H groups in total. The highest BCUT2D eigenvalue weighted by Gasteiger charge is 2.34. The second kappa shape index (κ2) is 7.19. The summed E-state index contributed by atoms with van der Waals surface area (Å²) < 4.78 is 45.3. The second-order valence-corrected chi connectivity index (χ2v) is 5.89. The first-order valence-electron chi connectivity index (χ1n) is 8.04. The number of aromatic nitrogens is 4. The SMILES string of the molecule is COc1ccc(C(C)CCNc2cc(C(F)(F)F)nc3ncnn23)cc1. The summed E-state index contributed by atoms with van der Waals surface area (Å²) in [6, 6.07) is 8.67. The van der Waals surface area contributed by atoms with E-state index in [1.54, 1.807) is 7.11 Å². The number of nitrogens with zero attached hydrogens (tertiary/aromatic N) is 4. The number of rotatable bonds is 6. The summed E-state index contributed by atoms with van der Waals surface area (Å²) in [5.41, 5.74) is 0.132. The molecule has 2 aromatic heterocycles. The normalized spacial score (nSPS) is 13.0. The van der Waals surface area contributed by atoms with Gasteiger partial charge < -0.3 is 10.1 Å². The van der Waals surface area contributed by atoms with Crippen molar-refractivity contribution >= 4 is 11.6 Å². The maximum absolute atomic E-state index is 13.0. The summed E-state index contributed by atoms with van der Waals surface area (Å²) in [4.78, 5) is 7.24. The van der Waals surface area contributed by atoms with Gasteiger partial charge in [0.2, 0.25) is 0 Å². The topological polar surface area (TPSA) is 64.3 Å². The molecule has 138 valence electrons. The van der Waals surface area contributed by atoms with E-state index in [-0.39, 0.29) is 17.5 Å². The van der Waals surface area contributed by atoms with Gasteiger partial charge in [-0.05, 0) is 30.0 Å². The summed E-state index contributed by atoms with van der Waals surface area (Å²) in [6.07, 6.45) is -2.64. The minimum Gasteiger partial charge on any atom is -0.497 e. The van der Waals surface area contributed by atoms with Crippen LogP contribution in [0.1, 0.15) is 30.5 Å². The number of alkyl halides is 3. The number of hydrogen-bond donors (Lipinski definition) is 1. The van der Waals surface area contributed by atoms with Gasteiger partial charge in [0, 0.05) is 12.6 Å². The number of halogens is 3. The highest BCUT2D eigenvalue weighted by molar-refractivity contribution is 5.45. The first-order chi connectivity index (χ1) is 12.4. The van der Waals surface area contributed by atoms with Crippen LogP contribution in [0.2, 0.25) is 0 Å². The van der Waals surface area contributed by atoms with Crippen molar-refractivity contribution in [3.05, 3.63) is 47.9 Å². The first kappa shape index (κ1) is 18.0. The Balaban J connectivity index is 1.70. The van der Waals surface area contributed by atoms with Gasteiger partial charge in [0.25, 0.3) is 5.78 Å². The minimum absolute atomic E-state index is 0.0921. The largest absolute Gasteiger partial charge is 0.497 e. The van der Waals surface area contributed by atoms with Gasteiger partial charge in [-0.25, -0.2) is 4.98 Å². The minimum atomic E-state index is -4.54. The van der Waals surface area contributed by atoms with Gasteiger partial charge in [0.05, 0.1) is 7.11 Å². The molecule has 0 aliphatic carbocycles. The van der Waals surface area contributed by atoms with E-state index in [2.05, 4.69) is 27.3 Å². The third kappa shape index (κ3) is 3.87. The van der Waals surface area contributed by atoms with Gasteiger partial charge in [-0.2, -0.15) is 27.8 Å². The van der Waals surface area contributed by atoms with E-state index in [0.29, 0.717) is 6.54 Å². The molecule has 0 spiro atoms. The van der Waals surface area contributed by atoms with E-state index in [1.807, 2.05) is 24.3 Å². The van der Waals surface area contributed by atoms with Gasteiger partial charge in [0.1, 0.15) is 17.9 Å². The monoisotopic (exact) mass is 365 g/mol. The van der Waals surface area contributed by atoms with Crippen LogP contribution in [-0.4, -0.2) is 33.2 Å². The van der Waals surface area contributed by atoms with E-state index in [1.165, 1.54) is 10.8 Å². The standard InChI is InChI=1S/C17H18F3N5O/c1-11(12-3-5-13(26-2)6-4-12)7-8-21-15-9-14(17(18,19)20)24-16-22-10-23-25(15)16/h3-6,9-11,21H,7-8H2,1-2H3. The Kier molecular flexibility index (Phi) is 4.97. The summed E-state index contributed by atoms with van der Waals surface area (Å²) in [5.74, 6) is 1.12. The predicted molar refractivity (Wildman–Crippen MR) is 90.3 cm³/mol. The predicted octanol–water partition coefficient (Wildman–Crippen LogP) is 3.76. The summed E-state index contributed by atoms with van der Waals surface area (Å²) in [5, 5.41) is 6.92. The Morgan fingerprint density at radius 3 is 2.62 bits per heavy atom. The number of hydrogen-bond acceptors (Lipinski definition) is 5. The fourth-order valence-corrected chi connectivity index (χ4v) is 2.60. The van der Waals surface area contributed by atoms with Crippen molar-refractivity contribution in [1.29, 1.82) is 0 Å². The van der Waals surface area contributed by atoms with Crippen molar-refractivity contribution in [3.8, 4) is 5.75 Å². The number of benzene rings is 1. The van der Waals surface area contributed by atoms with E-state index >= 15 is 0 Å². The third-order valence-corrected chi connectivity index (χ3v) is 4.11. The molecule has 2 heterocycles. The lowest BCUT2D eigenvalue weighted by Crippen LogP contribution is -2.14. The van der Waals surface area contributed by atoms with Gasteiger partial charge in [-0.1, -0.05) is 19.1 Å². The lowest BCUT2D eigenvalue weighted by molar-refractivity contribution is -0.141. The van der Waals surface area contributed by atoms with Crippen LogP contribution < -0.4 is 10.1 Å². The van der Waals surface area contributed by atoms with E-state index in [0.717, 1.165) is 23.8 Å². The molecule has 9 heteroatoms. The fraction of sp³-hybridized carbons (Fsp3) is 0.353. The molecule has 0 saturated carbocycles. The molecule has 26 heavy (non-hydrogen) atoms. The van der Waals surface area contributed by atoms with Gasteiger partial charge >= 0.3 is 6.18 Å². The second-order valence-electron chi connectivity index (χ2n) is 5.89. The van der Waals surface area contributed by atoms with Gasteiger partial charge in [0.15, 0.2) is 5.69 Å². The fourth-order valence-electron chi connectivity index (χ4n) is 2.60. The maximum atomic E-state index is 13.0. The zero-order valence-corrected chi connectivity index (χ0v) is 14.3. The molecule has 0 saturated heterocycles. The summed E-state index contributed by atoms with van der Waals surface area (Å²) >= 11 is 0. The van der Waals surface area contributed by atoms with Crippen molar-refractivity contribution in [3.63, 3.8) is 0 Å². The highest BCUT2D eigenvalue weighted by Crippen LogP contribution is 2.29. The molecule has 6 nitrogen and oxygen atoms in total. The van der Waals surface area contributed by atoms with Crippen LogP contribution in [0.3, 0.4) is 0 Å². The highest BCUT2D eigenvalue weighted by atomic mass is 19.4. The number of nitrogens with one attached hydrogen (secondary N) is 1. The first-order valence-corrected chi connectivity index (χ1v) is 8.04. The molecule has 0 aliphatic rings. The van der Waals surface area contributed by atoms with Gasteiger partial charge in [-0.15, -0.1) is 0 Å². The van der Waals surface area contributed by atoms with Crippen molar-refractivity contribution < 1.29 is 17.9 Å². The van der Waals surface area contributed by atoms with E-state index < -0.39 is 11.9 Å². The Hall–Kier alpha value is -2.84. The van der Waals surface area contributed by atoms with Crippen LogP contribution in [0.25, 0.3) is 5.78 Å². The summed E-state index contributed by atoms with van der Waals surface area (Å²) in [7, 11) is 1.61. The van der Waals surface area contributed by atoms with Crippen molar-refractivity contribution in [2.45, 2.75) is 25.4 Å². The van der Waals surface area contributed by atoms with Crippen LogP contribution in [0.4, 0.5) is 19.0 Å². The van der Waals surface area contributed by atoms with Crippen LogP contribution >= 0.6 is 0 Å².